The van der Waals surface area contributed by atoms with Crippen molar-refractivity contribution in [3.8, 4) is 17.9 Å². The minimum Gasteiger partial charge on any atom is -0.495 e. The van der Waals surface area contributed by atoms with Crippen LogP contribution >= 0.6 is 23.2 Å². The summed E-state index contributed by atoms with van der Waals surface area (Å²) >= 11 is 11.6. The number of allylic oxidation sites excluding steroid dienone is 1. The predicted octanol–water partition coefficient (Wildman–Crippen LogP) is 3.32. The molecule has 0 atom stereocenters. The van der Waals surface area contributed by atoms with E-state index in [1.165, 1.54) is 13.2 Å². The fraction of sp³-hybridized carbons (Fsp3) is 0.167. The van der Waals surface area contributed by atoms with E-state index in [0.717, 1.165) is 0 Å². The summed E-state index contributed by atoms with van der Waals surface area (Å²) in [6, 6.07) is 8.20. The topological polar surface area (TPSA) is 66.0 Å². The molecule has 0 spiro atoms. The highest BCUT2D eigenvalue weighted by atomic mass is 35.5. The van der Waals surface area contributed by atoms with Crippen LogP contribution in [0, 0.1) is 22.7 Å². The monoisotopic (exact) mass is 282 g/mol. The van der Waals surface area contributed by atoms with Gasteiger partial charge in [-0.3, -0.25) is 0 Å². The van der Waals surface area contributed by atoms with Crippen molar-refractivity contribution in [2.24, 2.45) is 0 Å². The van der Waals surface area contributed by atoms with Gasteiger partial charge in [0, 0.05) is 6.07 Å². The summed E-state index contributed by atoms with van der Waals surface area (Å²) in [7, 11) is 1.36. The van der Waals surface area contributed by atoms with Crippen LogP contribution in [0.15, 0.2) is 29.5 Å². The first-order chi connectivity index (χ1) is 8.62. The van der Waals surface area contributed by atoms with Crippen LogP contribution in [0.2, 0.25) is 10.0 Å². The maximum atomic E-state index is 8.70. The second kappa shape index (κ2) is 6.76. The van der Waals surface area contributed by atoms with Gasteiger partial charge in [0.05, 0.1) is 17.2 Å². The van der Waals surface area contributed by atoms with Crippen molar-refractivity contribution < 1.29 is 9.47 Å². The second-order valence-electron chi connectivity index (χ2n) is 3.09. The van der Waals surface area contributed by atoms with Gasteiger partial charge in [0.1, 0.15) is 24.5 Å². The molecule has 18 heavy (non-hydrogen) atoms. The number of hydrogen-bond donors (Lipinski definition) is 0. The molecule has 0 saturated carbocycles. The Bertz CT molecular complexity index is 540. The Morgan fingerprint density at radius 2 is 1.89 bits per heavy atom. The molecule has 1 rings (SSSR count). The van der Waals surface area contributed by atoms with Gasteiger partial charge in [-0.2, -0.15) is 10.5 Å². The fourth-order valence-electron chi connectivity index (χ4n) is 1.10. The first kappa shape index (κ1) is 14.2. The van der Waals surface area contributed by atoms with E-state index in [1.807, 2.05) is 0 Å². The lowest BCUT2D eigenvalue weighted by Gasteiger charge is -2.09. The molecule has 0 aliphatic carbocycles. The first-order valence-corrected chi connectivity index (χ1v) is 5.53. The molecule has 0 heterocycles. The van der Waals surface area contributed by atoms with Crippen molar-refractivity contribution in [1.29, 1.82) is 10.5 Å². The van der Waals surface area contributed by atoms with Crippen molar-refractivity contribution in [1.82, 2.24) is 0 Å². The smallest absolute Gasteiger partial charge is 0.170 e. The Morgan fingerprint density at radius 3 is 2.39 bits per heavy atom. The van der Waals surface area contributed by atoms with Crippen molar-refractivity contribution in [3.63, 3.8) is 0 Å². The average Bonchev–Trinajstić information content (AvgIpc) is 2.38. The van der Waals surface area contributed by atoms with Gasteiger partial charge in [-0.1, -0.05) is 23.2 Å². The van der Waals surface area contributed by atoms with Crippen LogP contribution in [0.5, 0.6) is 5.75 Å². The number of hydrogen-bond acceptors (Lipinski definition) is 4. The fourth-order valence-corrected chi connectivity index (χ4v) is 1.39. The molecule has 0 saturated heterocycles. The van der Waals surface area contributed by atoms with Gasteiger partial charge in [0.2, 0.25) is 0 Å². The van der Waals surface area contributed by atoms with Gasteiger partial charge in [-0.05, 0) is 12.1 Å². The number of methoxy groups -OCH3 is 1. The van der Waals surface area contributed by atoms with E-state index >= 15 is 0 Å². The molecule has 0 aliphatic heterocycles. The third-order valence-electron chi connectivity index (χ3n) is 2.01. The van der Waals surface area contributed by atoms with Crippen molar-refractivity contribution in [2.75, 3.05) is 13.7 Å². The molecule has 1 aromatic carbocycles. The Morgan fingerprint density at radius 1 is 1.22 bits per heavy atom. The average molecular weight is 283 g/mol. The summed E-state index contributed by atoms with van der Waals surface area (Å²) in [5, 5.41) is 18.2. The number of halogens is 2. The van der Waals surface area contributed by atoms with Crippen molar-refractivity contribution in [2.45, 2.75) is 0 Å². The Balaban J connectivity index is 2.82. The SMILES string of the molecule is COC(COc1ccc(Cl)c(Cl)c1)=C(C#N)C#N. The Hall–Kier alpha value is -1.88. The van der Waals surface area contributed by atoms with E-state index in [1.54, 1.807) is 24.3 Å². The number of nitrogens with zero attached hydrogens (tertiary/aromatic N) is 2. The predicted molar refractivity (Wildman–Crippen MR) is 67.2 cm³/mol. The quantitative estimate of drug-likeness (QED) is 0.628. The summed E-state index contributed by atoms with van der Waals surface area (Å²) in [6.45, 7) is -0.0368. The lowest BCUT2D eigenvalue weighted by atomic mass is 10.3. The van der Waals surface area contributed by atoms with Gasteiger partial charge in [-0.25, -0.2) is 0 Å². The third-order valence-corrected chi connectivity index (χ3v) is 2.75. The zero-order chi connectivity index (χ0) is 13.5. The third kappa shape index (κ3) is 3.56. The second-order valence-corrected chi connectivity index (χ2v) is 3.90. The zero-order valence-electron chi connectivity index (χ0n) is 9.41. The Kier molecular flexibility index (Phi) is 5.32. The number of rotatable bonds is 4. The van der Waals surface area contributed by atoms with E-state index in [2.05, 4.69) is 0 Å². The highest BCUT2D eigenvalue weighted by Gasteiger charge is 2.08. The molecule has 0 fully saturated rings. The molecule has 0 amide bonds. The highest BCUT2D eigenvalue weighted by molar-refractivity contribution is 6.42. The molecule has 92 valence electrons. The normalized spacial score (nSPS) is 8.94. The minimum atomic E-state index is -0.127. The minimum absolute atomic E-state index is 0.0368. The van der Waals surface area contributed by atoms with E-state index < -0.39 is 0 Å². The van der Waals surface area contributed by atoms with E-state index in [0.29, 0.717) is 15.8 Å². The van der Waals surface area contributed by atoms with Crippen LogP contribution in [0.25, 0.3) is 0 Å². The number of benzene rings is 1. The van der Waals surface area contributed by atoms with Gasteiger partial charge >= 0.3 is 0 Å². The lowest BCUT2D eigenvalue weighted by molar-refractivity contribution is 0.217. The maximum absolute atomic E-state index is 8.70. The molecular weight excluding hydrogens is 275 g/mol. The molecule has 6 heteroatoms. The van der Waals surface area contributed by atoms with Crippen LogP contribution in [0.4, 0.5) is 0 Å². The number of nitriles is 2. The molecular formula is C12H8Cl2N2O2. The van der Waals surface area contributed by atoms with Crippen LogP contribution in [-0.4, -0.2) is 13.7 Å². The summed E-state index contributed by atoms with van der Waals surface area (Å²) in [6.07, 6.45) is 0. The molecule has 1 aromatic rings. The molecule has 4 nitrogen and oxygen atoms in total. The lowest BCUT2D eigenvalue weighted by Crippen LogP contribution is -2.05. The van der Waals surface area contributed by atoms with Crippen LogP contribution < -0.4 is 4.74 Å². The van der Waals surface area contributed by atoms with E-state index in [-0.39, 0.29) is 17.9 Å². The Labute approximate surface area is 115 Å². The van der Waals surface area contributed by atoms with Crippen LogP contribution in [0.1, 0.15) is 0 Å². The van der Waals surface area contributed by atoms with E-state index in [4.69, 9.17) is 43.2 Å². The standard InChI is InChI=1S/C12H8Cl2N2O2/c1-17-12(8(5-15)6-16)7-18-9-2-3-10(13)11(14)4-9/h2-4H,7H2,1H3. The zero-order valence-corrected chi connectivity index (χ0v) is 10.9. The van der Waals surface area contributed by atoms with Gasteiger partial charge in [-0.15, -0.1) is 0 Å². The van der Waals surface area contributed by atoms with E-state index in [9.17, 15) is 0 Å². The maximum Gasteiger partial charge on any atom is 0.170 e. The molecule has 0 N–H and O–H groups in total. The van der Waals surface area contributed by atoms with Crippen molar-refractivity contribution >= 4 is 23.2 Å². The molecule has 0 aliphatic rings. The summed E-state index contributed by atoms with van der Waals surface area (Å²) in [5.41, 5.74) is -0.127. The van der Waals surface area contributed by atoms with Crippen molar-refractivity contribution in [3.05, 3.63) is 39.6 Å². The summed E-state index contributed by atoms with van der Waals surface area (Å²) < 4.78 is 10.3. The molecule has 0 bridgehead atoms. The summed E-state index contributed by atoms with van der Waals surface area (Å²) in [4.78, 5) is 0. The van der Waals surface area contributed by atoms with Gasteiger partial charge in [0.25, 0.3) is 0 Å². The van der Waals surface area contributed by atoms with Gasteiger partial charge < -0.3 is 9.47 Å². The molecule has 0 radical (unpaired) electrons. The highest BCUT2D eigenvalue weighted by Crippen LogP contribution is 2.26. The van der Waals surface area contributed by atoms with Crippen LogP contribution in [-0.2, 0) is 4.74 Å². The largest absolute Gasteiger partial charge is 0.495 e. The summed E-state index contributed by atoms with van der Waals surface area (Å²) in [5.74, 6) is 0.625. The first-order valence-electron chi connectivity index (χ1n) is 4.77. The van der Waals surface area contributed by atoms with Crippen LogP contribution in [0.3, 0.4) is 0 Å². The molecule has 0 aromatic heterocycles. The van der Waals surface area contributed by atoms with Gasteiger partial charge in [0.15, 0.2) is 11.3 Å². The molecule has 0 unspecified atom stereocenters. The number of ether oxygens (including phenoxy) is 2.